The summed E-state index contributed by atoms with van der Waals surface area (Å²) in [5, 5.41) is 13.8. The summed E-state index contributed by atoms with van der Waals surface area (Å²) in [5.74, 6) is 0.409. The van der Waals surface area contributed by atoms with Crippen LogP contribution >= 0.6 is 0 Å². The van der Waals surface area contributed by atoms with Gasteiger partial charge in [0.15, 0.2) is 5.82 Å². The Morgan fingerprint density at radius 2 is 1.70 bits per heavy atom. The summed E-state index contributed by atoms with van der Waals surface area (Å²) in [5.41, 5.74) is 6.56. The molecule has 30 heavy (non-hydrogen) atoms. The second-order valence-electron chi connectivity index (χ2n) is 8.53. The number of aliphatic hydroxyl groups is 1. The molecule has 4 heterocycles. The van der Waals surface area contributed by atoms with Gasteiger partial charge in [0, 0.05) is 35.8 Å². The van der Waals surface area contributed by atoms with Crippen molar-refractivity contribution in [1.82, 2.24) is 24.7 Å². The number of pyridine rings is 1. The highest BCUT2D eigenvalue weighted by Gasteiger charge is 2.31. The van der Waals surface area contributed by atoms with Crippen molar-refractivity contribution >= 4 is 5.65 Å². The van der Waals surface area contributed by atoms with Crippen molar-refractivity contribution < 1.29 is 5.11 Å². The molecule has 0 bridgehead atoms. The molecule has 1 aliphatic rings. The molecular formula is C24H25N5O. The van der Waals surface area contributed by atoms with Gasteiger partial charge in [-0.2, -0.15) is 0 Å². The molecule has 2 atom stereocenters. The Morgan fingerprint density at radius 3 is 2.40 bits per heavy atom. The molecule has 0 spiro atoms. The van der Waals surface area contributed by atoms with Gasteiger partial charge in [0.05, 0.1) is 17.4 Å². The van der Waals surface area contributed by atoms with E-state index in [0.29, 0.717) is 11.9 Å². The SMILES string of the molecule is Cc1nc2ccc(-c3cnc(C(C)(C)O)nc3)cn2c1[C@@H]1N[C@H](C)c2ccccc21. The van der Waals surface area contributed by atoms with Gasteiger partial charge in [-0.15, -0.1) is 0 Å². The molecular weight excluding hydrogens is 374 g/mol. The van der Waals surface area contributed by atoms with E-state index in [1.165, 1.54) is 11.1 Å². The van der Waals surface area contributed by atoms with E-state index < -0.39 is 5.60 Å². The van der Waals surface area contributed by atoms with Crippen LogP contribution in [0.15, 0.2) is 55.0 Å². The van der Waals surface area contributed by atoms with Gasteiger partial charge >= 0.3 is 0 Å². The van der Waals surface area contributed by atoms with Crippen LogP contribution in [-0.2, 0) is 5.60 Å². The van der Waals surface area contributed by atoms with Gasteiger partial charge in [0.1, 0.15) is 11.2 Å². The Morgan fingerprint density at radius 1 is 1.00 bits per heavy atom. The average Bonchev–Trinajstić information content (AvgIpc) is 3.23. The first kappa shape index (κ1) is 18.9. The van der Waals surface area contributed by atoms with Gasteiger partial charge in [-0.25, -0.2) is 15.0 Å². The number of imidazole rings is 1. The highest BCUT2D eigenvalue weighted by Crippen LogP contribution is 2.38. The van der Waals surface area contributed by atoms with Crippen molar-refractivity contribution in [3.8, 4) is 11.1 Å². The minimum absolute atomic E-state index is 0.0928. The molecule has 2 N–H and O–H groups in total. The number of rotatable bonds is 3. The molecule has 152 valence electrons. The lowest BCUT2D eigenvalue weighted by atomic mass is 10.00. The van der Waals surface area contributed by atoms with E-state index in [4.69, 9.17) is 4.98 Å². The second kappa shape index (κ2) is 6.72. The molecule has 0 amide bonds. The summed E-state index contributed by atoms with van der Waals surface area (Å²) in [6.07, 6.45) is 5.62. The van der Waals surface area contributed by atoms with Crippen molar-refractivity contribution in [3.05, 3.63) is 83.3 Å². The fourth-order valence-electron chi connectivity index (χ4n) is 4.32. The number of nitrogens with zero attached hydrogens (tertiary/aromatic N) is 4. The van der Waals surface area contributed by atoms with Gasteiger partial charge in [-0.1, -0.05) is 24.3 Å². The van der Waals surface area contributed by atoms with Gasteiger partial charge in [-0.05, 0) is 51.0 Å². The molecule has 0 saturated heterocycles. The molecule has 6 nitrogen and oxygen atoms in total. The van der Waals surface area contributed by atoms with Crippen LogP contribution in [0.25, 0.3) is 16.8 Å². The van der Waals surface area contributed by atoms with Gasteiger partial charge in [-0.3, -0.25) is 5.32 Å². The minimum Gasteiger partial charge on any atom is -0.382 e. The van der Waals surface area contributed by atoms with E-state index in [-0.39, 0.29) is 6.04 Å². The van der Waals surface area contributed by atoms with Crippen LogP contribution in [0.4, 0.5) is 0 Å². The van der Waals surface area contributed by atoms with Crippen LogP contribution in [-0.4, -0.2) is 24.5 Å². The monoisotopic (exact) mass is 399 g/mol. The maximum atomic E-state index is 10.1. The van der Waals surface area contributed by atoms with E-state index in [0.717, 1.165) is 28.2 Å². The van der Waals surface area contributed by atoms with E-state index in [1.54, 1.807) is 26.2 Å². The Labute approximate surface area is 175 Å². The van der Waals surface area contributed by atoms with E-state index >= 15 is 0 Å². The Kier molecular flexibility index (Phi) is 4.24. The van der Waals surface area contributed by atoms with Crippen molar-refractivity contribution in [3.63, 3.8) is 0 Å². The van der Waals surface area contributed by atoms with Crippen molar-refractivity contribution in [2.45, 2.75) is 45.4 Å². The van der Waals surface area contributed by atoms with E-state index in [9.17, 15) is 5.11 Å². The maximum absolute atomic E-state index is 10.1. The largest absolute Gasteiger partial charge is 0.382 e. The van der Waals surface area contributed by atoms with Crippen LogP contribution in [0.1, 0.15) is 61.2 Å². The average molecular weight is 399 g/mol. The van der Waals surface area contributed by atoms with Crippen LogP contribution in [0.3, 0.4) is 0 Å². The summed E-state index contributed by atoms with van der Waals surface area (Å²) < 4.78 is 2.17. The molecule has 5 rings (SSSR count). The fourth-order valence-corrected chi connectivity index (χ4v) is 4.32. The molecule has 0 radical (unpaired) electrons. The molecule has 1 aliphatic heterocycles. The highest BCUT2D eigenvalue weighted by atomic mass is 16.3. The first-order valence-corrected chi connectivity index (χ1v) is 10.2. The smallest absolute Gasteiger partial charge is 0.159 e. The summed E-state index contributed by atoms with van der Waals surface area (Å²) in [6, 6.07) is 13.0. The van der Waals surface area contributed by atoms with Crippen LogP contribution in [0.2, 0.25) is 0 Å². The predicted molar refractivity (Wildman–Crippen MR) is 116 cm³/mol. The number of nitrogens with one attached hydrogen (secondary N) is 1. The van der Waals surface area contributed by atoms with E-state index in [2.05, 4.69) is 64.0 Å². The number of aryl methyl sites for hydroxylation is 1. The fraction of sp³-hybridized carbons (Fsp3) is 0.292. The molecule has 0 unspecified atom stereocenters. The quantitative estimate of drug-likeness (QED) is 0.543. The number of fused-ring (bicyclic) bond motifs is 2. The van der Waals surface area contributed by atoms with Gasteiger partial charge in [0.25, 0.3) is 0 Å². The number of hydrogen-bond acceptors (Lipinski definition) is 5. The summed E-state index contributed by atoms with van der Waals surface area (Å²) in [4.78, 5) is 13.5. The minimum atomic E-state index is -1.06. The summed E-state index contributed by atoms with van der Waals surface area (Å²) in [7, 11) is 0. The first-order valence-electron chi connectivity index (χ1n) is 10.2. The Bertz CT molecular complexity index is 1240. The lowest BCUT2D eigenvalue weighted by Gasteiger charge is -2.16. The highest BCUT2D eigenvalue weighted by molar-refractivity contribution is 5.64. The van der Waals surface area contributed by atoms with Gasteiger partial charge in [0.2, 0.25) is 0 Å². The normalized spacial score (nSPS) is 18.7. The van der Waals surface area contributed by atoms with Crippen LogP contribution in [0.5, 0.6) is 0 Å². The molecule has 3 aromatic heterocycles. The molecule has 0 fully saturated rings. The first-order chi connectivity index (χ1) is 14.3. The third-order valence-corrected chi connectivity index (χ3v) is 5.84. The number of hydrogen-bond donors (Lipinski definition) is 2. The Hall–Kier alpha value is -3.09. The van der Waals surface area contributed by atoms with Crippen LogP contribution < -0.4 is 5.32 Å². The zero-order valence-electron chi connectivity index (χ0n) is 17.6. The third-order valence-electron chi connectivity index (χ3n) is 5.84. The molecule has 4 aromatic rings. The van der Waals surface area contributed by atoms with Gasteiger partial charge < -0.3 is 9.51 Å². The summed E-state index contributed by atoms with van der Waals surface area (Å²) in [6.45, 7) is 7.63. The second-order valence-corrected chi connectivity index (χ2v) is 8.53. The van der Waals surface area contributed by atoms with E-state index in [1.807, 2.05) is 12.1 Å². The topological polar surface area (TPSA) is 75.3 Å². The molecule has 6 heteroatoms. The third kappa shape index (κ3) is 3.00. The zero-order valence-corrected chi connectivity index (χ0v) is 17.6. The molecule has 0 aliphatic carbocycles. The number of aromatic nitrogens is 4. The van der Waals surface area contributed by atoms with Crippen molar-refractivity contribution in [2.75, 3.05) is 0 Å². The molecule has 1 aromatic carbocycles. The predicted octanol–water partition coefficient (Wildman–Crippen LogP) is 4.08. The molecule has 0 saturated carbocycles. The lowest BCUT2D eigenvalue weighted by molar-refractivity contribution is 0.0687. The van der Waals surface area contributed by atoms with Crippen LogP contribution in [0, 0.1) is 6.92 Å². The zero-order chi connectivity index (χ0) is 21.0. The van der Waals surface area contributed by atoms with Crippen molar-refractivity contribution in [2.24, 2.45) is 0 Å². The Balaban J connectivity index is 1.61. The number of benzene rings is 1. The maximum Gasteiger partial charge on any atom is 0.159 e. The standard InChI is InChI=1S/C24H25N5O/c1-14-18-7-5-6-8-19(18)21(28-14)22-15(2)27-20-10-9-16(13-29(20)22)17-11-25-23(26-12-17)24(3,4)30/h5-14,21,28,30H,1-4H3/t14-,21-/m1/s1. The van der Waals surface area contributed by atoms with Crippen molar-refractivity contribution in [1.29, 1.82) is 0 Å². The summed E-state index contributed by atoms with van der Waals surface area (Å²) >= 11 is 0. The lowest BCUT2D eigenvalue weighted by Crippen LogP contribution is -2.19.